The molecular weight excluding hydrogens is 450 g/mol. The Morgan fingerprint density at radius 1 is 0.967 bits per heavy atom. The van der Waals surface area contributed by atoms with Crippen LogP contribution in [-0.2, 0) is 13.2 Å². The van der Waals surface area contributed by atoms with Gasteiger partial charge >= 0.3 is 5.97 Å². The average molecular weight is 472 g/mol. The Balaban J connectivity index is 1.77. The predicted molar refractivity (Wildman–Crippen MR) is 119 cm³/mol. The highest BCUT2D eigenvalue weighted by molar-refractivity contribution is 9.10. The lowest BCUT2D eigenvalue weighted by Crippen LogP contribution is -2.05. The Morgan fingerprint density at radius 2 is 1.70 bits per heavy atom. The summed E-state index contributed by atoms with van der Waals surface area (Å²) in [6.07, 6.45) is 0. The number of halogens is 1. The van der Waals surface area contributed by atoms with Crippen molar-refractivity contribution < 1.29 is 24.1 Å². The Labute approximate surface area is 183 Å². The number of carboxylic acid groups (broad SMARTS) is 1. The van der Waals surface area contributed by atoms with Gasteiger partial charge in [-0.15, -0.1) is 0 Å². The quantitative estimate of drug-likeness (QED) is 0.437. The Bertz CT molecular complexity index is 1020. The molecule has 0 unspecified atom stereocenters. The van der Waals surface area contributed by atoms with Gasteiger partial charge in [0, 0.05) is 11.0 Å². The van der Waals surface area contributed by atoms with Crippen LogP contribution in [0.1, 0.15) is 21.5 Å². The summed E-state index contributed by atoms with van der Waals surface area (Å²) >= 11 is 3.58. The fourth-order valence-corrected chi connectivity index (χ4v) is 3.35. The molecule has 0 atom stereocenters. The van der Waals surface area contributed by atoms with Crippen LogP contribution >= 0.6 is 15.9 Å². The van der Waals surface area contributed by atoms with Crippen LogP contribution in [0.4, 0.5) is 5.69 Å². The molecule has 0 saturated heterocycles. The number of anilines is 1. The minimum Gasteiger partial charge on any atom is -0.495 e. The number of ether oxygens (including phenoxy) is 3. The van der Waals surface area contributed by atoms with Gasteiger partial charge in [0.05, 0.1) is 25.5 Å². The fourth-order valence-electron chi connectivity index (χ4n) is 2.89. The first kappa shape index (κ1) is 21.5. The van der Waals surface area contributed by atoms with Gasteiger partial charge in [-0.3, -0.25) is 0 Å². The van der Waals surface area contributed by atoms with Gasteiger partial charge in [0.1, 0.15) is 12.4 Å². The van der Waals surface area contributed by atoms with Gasteiger partial charge in [-0.1, -0.05) is 46.3 Å². The lowest BCUT2D eigenvalue weighted by Gasteiger charge is -2.16. The molecule has 0 spiro atoms. The molecule has 0 aliphatic rings. The van der Waals surface area contributed by atoms with E-state index in [9.17, 15) is 9.90 Å². The second-order valence-corrected chi connectivity index (χ2v) is 7.30. The van der Waals surface area contributed by atoms with E-state index < -0.39 is 5.97 Å². The minimum absolute atomic E-state index is 0.180. The zero-order valence-corrected chi connectivity index (χ0v) is 18.2. The molecule has 0 aromatic heterocycles. The highest BCUT2D eigenvalue weighted by atomic mass is 79.9. The van der Waals surface area contributed by atoms with Crippen molar-refractivity contribution >= 4 is 27.6 Å². The molecule has 0 aliphatic carbocycles. The second-order valence-electron chi connectivity index (χ2n) is 6.44. The molecule has 2 N–H and O–H groups in total. The van der Waals surface area contributed by atoms with E-state index in [0.29, 0.717) is 36.1 Å². The molecule has 3 aromatic carbocycles. The zero-order chi connectivity index (χ0) is 21.5. The maximum atomic E-state index is 11.3. The van der Waals surface area contributed by atoms with Crippen LogP contribution in [-0.4, -0.2) is 25.3 Å². The smallest absolute Gasteiger partial charge is 0.335 e. The van der Waals surface area contributed by atoms with Crippen LogP contribution in [0.15, 0.2) is 65.1 Å². The standard InChI is InChI=1S/C23H22BrNO5/c1-28-20-9-8-16(23(26)27)10-19(20)25-13-17-11-21(29-2)22(12-18(17)24)30-14-15-6-4-3-5-7-15/h3-12,25H,13-14H2,1-2H3,(H,26,27). The molecule has 0 heterocycles. The number of benzene rings is 3. The highest BCUT2D eigenvalue weighted by Crippen LogP contribution is 2.35. The number of hydrogen-bond donors (Lipinski definition) is 2. The molecule has 7 heteroatoms. The maximum Gasteiger partial charge on any atom is 0.335 e. The van der Waals surface area contributed by atoms with Crippen LogP contribution < -0.4 is 19.5 Å². The van der Waals surface area contributed by atoms with E-state index in [0.717, 1.165) is 15.6 Å². The molecule has 0 bridgehead atoms. The van der Waals surface area contributed by atoms with Crippen LogP contribution in [0.25, 0.3) is 0 Å². The number of methoxy groups -OCH3 is 2. The topological polar surface area (TPSA) is 77.0 Å². The largest absolute Gasteiger partial charge is 0.495 e. The summed E-state index contributed by atoms with van der Waals surface area (Å²) in [5, 5.41) is 12.5. The summed E-state index contributed by atoms with van der Waals surface area (Å²) in [5.41, 5.74) is 2.75. The number of aromatic carboxylic acids is 1. The molecule has 3 aromatic rings. The minimum atomic E-state index is -0.997. The van der Waals surface area contributed by atoms with Crippen molar-refractivity contribution in [3.8, 4) is 17.2 Å². The van der Waals surface area contributed by atoms with E-state index in [1.54, 1.807) is 26.4 Å². The summed E-state index contributed by atoms with van der Waals surface area (Å²) in [4.78, 5) is 11.3. The lowest BCUT2D eigenvalue weighted by atomic mass is 10.1. The van der Waals surface area contributed by atoms with Gasteiger partial charge in [0.25, 0.3) is 0 Å². The van der Waals surface area contributed by atoms with Crippen molar-refractivity contribution in [2.24, 2.45) is 0 Å². The van der Waals surface area contributed by atoms with Crippen LogP contribution in [0.2, 0.25) is 0 Å². The molecular formula is C23H22BrNO5. The molecule has 0 saturated carbocycles. The Hall–Kier alpha value is -3.19. The fraction of sp³-hybridized carbons (Fsp3) is 0.174. The summed E-state index contributed by atoms with van der Waals surface area (Å²) in [7, 11) is 3.13. The van der Waals surface area contributed by atoms with E-state index in [2.05, 4.69) is 21.2 Å². The molecule has 0 aliphatic heterocycles. The Kier molecular flexibility index (Phi) is 7.19. The van der Waals surface area contributed by atoms with Gasteiger partial charge in [0.15, 0.2) is 11.5 Å². The number of rotatable bonds is 9. The molecule has 3 rings (SSSR count). The molecule has 156 valence electrons. The summed E-state index contributed by atoms with van der Waals surface area (Å²) in [6, 6.07) is 18.3. The van der Waals surface area contributed by atoms with Crippen molar-refractivity contribution in [1.82, 2.24) is 0 Å². The Morgan fingerprint density at radius 3 is 2.37 bits per heavy atom. The first-order chi connectivity index (χ1) is 14.5. The van der Waals surface area contributed by atoms with E-state index in [1.165, 1.54) is 6.07 Å². The van der Waals surface area contributed by atoms with E-state index >= 15 is 0 Å². The van der Waals surface area contributed by atoms with Gasteiger partial charge in [0.2, 0.25) is 0 Å². The summed E-state index contributed by atoms with van der Waals surface area (Å²) in [6.45, 7) is 0.857. The number of carbonyl (C=O) groups is 1. The number of nitrogens with one attached hydrogen (secondary N) is 1. The maximum absolute atomic E-state index is 11.3. The van der Waals surface area contributed by atoms with Crippen molar-refractivity contribution in [3.63, 3.8) is 0 Å². The van der Waals surface area contributed by atoms with E-state index in [1.807, 2.05) is 42.5 Å². The monoisotopic (exact) mass is 471 g/mol. The van der Waals surface area contributed by atoms with Gasteiger partial charge in [-0.05, 0) is 41.5 Å². The molecule has 0 radical (unpaired) electrons. The SMILES string of the molecule is COc1ccc(C(=O)O)cc1NCc1cc(OC)c(OCc2ccccc2)cc1Br. The zero-order valence-electron chi connectivity index (χ0n) is 16.6. The average Bonchev–Trinajstić information content (AvgIpc) is 2.77. The third kappa shape index (κ3) is 5.24. The third-order valence-corrected chi connectivity index (χ3v) is 5.22. The van der Waals surface area contributed by atoms with Crippen LogP contribution in [0.3, 0.4) is 0 Å². The first-order valence-electron chi connectivity index (χ1n) is 9.20. The first-order valence-corrected chi connectivity index (χ1v) is 9.99. The summed E-state index contributed by atoms with van der Waals surface area (Å²) in [5.74, 6) is 0.800. The molecule has 0 amide bonds. The molecule has 6 nitrogen and oxygen atoms in total. The van der Waals surface area contributed by atoms with E-state index in [-0.39, 0.29) is 5.56 Å². The lowest BCUT2D eigenvalue weighted by molar-refractivity contribution is 0.0697. The highest BCUT2D eigenvalue weighted by Gasteiger charge is 2.13. The van der Waals surface area contributed by atoms with E-state index in [4.69, 9.17) is 14.2 Å². The van der Waals surface area contributed by atoms with Gasteiger partial charge in [-0.25, -0.2) is 4.79 Å². The molecule has 0 fully saturated rings. The number of carboxylic acids is 1. The van der Waals surface area contributed by atoms with Gasteiger partial charge < -0.3 is 24.6 Å². The van der Waals surface area contributed by atoms with Gasteiger partial charge in [-0.2, -0.15) is 0 Å². The second kappa shape index (κ2) is 10.0. The summed E-state index contributed by atoms with van der Waals surface area (Å²) < 4.78 is 17.6. The van der Waals surface area contributed by atoms with Crippen molar-refractivity contribution in [2.75, 3.05) is 19.5 Å². The van der Waals surface area contributed by atoms with Crippen molar-refractivity contribution in [1.29, 1.82) is 0 Å². The van der Waals surface area contributed by atoms with Crippen LogP contribution in [0.5, 0.6) is 17.2 Å². The molecule has 30 heavy (non-hydrogen) atoms. The number of hydrogen-bond acceptors (Lipinski definition) is 5. The van der Waals surface area contributed by atoms with Crippen molar-refractivity contribution in [2.45, 2.75) is 13.2 Å². The predicted octanol–water partition coefficient (Wildman–Crippen LogP) is 5.36. The van der Waals surface area contributed by atoms with Crippen LogP contribution in [0, 0.1) is 0 Å². The third-order valence-electron chi connectivity index (χ3n) is 4.49. The van der Waals surface area contributed by atoms with Crippen molar-refractivity contribution in [3.05, 3.63) is 81.8 Å². The normalized spacial score (nSPS) is 10.4.